The summed E-state index contributed by atoms with van der Waals surface area (Å²) >= 11 is 1.32. The lowest BCUT2D eigenvalue weighted by molar-refractivity contribution is -0.119. The van der Waals surface area contributed by atoms with E-state index in [0.717, 1.165) is 52.5 Å². The molecule has 3 aromatic rings. The van der Waals surface area contributed by atoms with Crippen LogP contribution in [0.25, 0.3) is 0 Å². The number of carbonyl (C=O) groups is 2. The van der Waals surface area contributed by atoms with Crippen molar-refractivity contribution in [3.8, 4) is 12.1 Å². The molecule has 1 amide bonds. The molecule has 10 heteroatoms. The van der Waals surface area contributed by atoms with Gasteiger partial charge in [-0.15, -0.1) is 11.3 Å². The number of piperidine rings is 1. The molecular formula is C37H42N6O3S. The molecule has 2 fully saturated rings. The minimum Gasteiger partial charge on any atom is -0.465 e. The van der Waals surface area contributed by atoms with Gasteiger partial charge in [-0.3, -0.25) is 9.69 Å². The van der Waals surface area contributed by atoms with E-state index in [2.05, 4.69) is 66.1 Å². The van der Waals surface area contributed by atoms with E-state index >= 15 is 0 Å². The standard InChI is InChI=1S/C37H42N6O3S/c1-27-18-28(2)20-30(19-27)25-42-17-16-41(36(42)31(22-38)23-39)15-12-35(44)43(26-33-10-11-34(47-33)37(45)46-3)32-9-7-8-29(21-32)24-40-13-5-4-6-14-40/h7-11,18-21H,4-6,12-17,24-26H2,1-3H3. The molecule has 0 unspecified atom stereocenters. The zero-order chi connectivity index (χ0) is 33.3. The molecule has 2 aliphatic rings. The highest BCUT2D eigenvalue weighted by Gasteiger charge is 2.30. The quantitative estimate of drug-likeness (QED) is 0.180. The van der Waals surface area contributed by atoms with Crippen molar-refractivity contribution in [3.05, 3.63) is 98.0 Å². The molecule has 2 aliphatic heterocycles. The van der Waals surface area contributed by atoms with E-state index in [1.165, 1.54) is 37.7 Å². The number of amides is 1. The maximum Gasteiger partial charge on any atom is 0.348 e. The van der Waals surface area contributed by atoms with E-state index in [4.69, 9.17) is 4.74 Å². The van der Waals surface area contributed by atoms with Gasteiger partial charge in [-0.1, -0.05) is 47.9 Å². The third-order valence-corrected chi connectivity index (χ3v) is 9.73. The number of likely N-dealkylation sites (tertiary alicyclic amines) is 1. The first-order chi connectivity index (χ1) is 22.8. The summed E-state index contributed by atoms with van der Waals surface area (Å²) in [6.45, 7) is 9.64. The molecule has 47 heavy (non-hydrogen) atoms. The first-order valence-electron chi connectivity index (χ1n) is 16.2. The molecule has 244 valence electrons. The van der Waals surface area contributed by atoms with E-state index in [0.29, 0.717) is 43.4 Å². The van der Waals surface area contributed by atoms with Crippen LogP contribution in [0.15, 0.2) is 66.0 Å². The average Bonchev–Trinajstić information content (AvgIpc) is 3.70. The predicted octanol–water partition coefficient (Wildman–Crippen LogP) is 6.14. The molecule has 0 bridgehead atoms. The summed E-state index contributed by atoms with van der Waals surface area (Å²) in [5.74, 6) is 0.112. The number of hydrogen-bond acceptors (Lipinski definition) is 9. The Morgan fingerprint density at radius 3 is 2.30 bits per heavy atom. The van der Waals surface area contributed by atoms with E-state index in [9.17, 15) is 20.1 Å². The van der Waals surface area contributed by atoms with Gasteiger partial charge in [0.05, 0.1) is 13.7 Å². The van der Waals surface area contributed by atoms with Crippen molar-refractivity contribution in [1.82, 2.24) is 14.7 Å². The van der Waals surface area contributed by atoms with Crippen LogP contribution in [0, 0.1) is 36.5 Å². The number of anilines is 1. The zero-order valence-electron chi connectivity index (χ0n) is 27.5. The molecular weight excluding hydrogens is 609 g/mol. The Kier molecular flexibility index (Phi) is 11.3. The number of aryl methyl sites for hydroxylation is 2. The zero-order valence-corrected chi connectivity index (χ0v) is 28.3. The molecule has 9 nitrogen and oxygen atoms in total. The molecule has 0 aliphatic carbocycles. The maximum atomic E-state index is 14.1. The van der Waals surface area contributed by atoms with Gasteiger partial charge in [-0.25, -0.2) is 4.79 Å². The van der Waals surface area contributed by atoms with E-state index in [1.807, 2.05) is 23.1 Å². The normalized spacial score (nSPS) is 14.9. The second kappa shape index (κ2) is 15.8. The lowest BCUT2D eigenvalue weighted by atomic mass is 10.1. The van der Waals surface area contributed by atoms with Gasteiger partial charge in [0, 0.05) is 49.7 Å². The number of thiophene rings is 1. The minimum absolute atomic E-state index is 0.0514. The summed E-state index contributed by atoms with van der Waals surface area (Å²) in [4.78, 5) is 35.9. The highest BCUT2D eigenvalue weighted by Crippen LogP contribution is 2.28. The fourth-order valence-electron chi connectivity index (χ4n) is 6.56. The molecule has 2 aromatic carbocycles. The largest absolute Gasteiger partial charge is 0.465 e. The summed E-state index contributed by atoms with van der Waals surface area (Å²) in [5.41, 5.74) is 5.46. The van der Waals surface area contributed by atoms with Crippen molar-refractivity contribution < 1.29 is 14.3 Å². The Balaban J connectivity index is 1.36. The first kappa shape index (κ1) is 33.7. The van der Waals surface area contributed by atoms with E-state index < -0.39 is 5.97 Å². The van der Waals surface area contributed by atoms with Crippen LogP contribution in [0.1, 0.15) is 62.5 Å². The lowest BCUT2D eigenvalue weighted by Gasteiger charge is -2.28. The van der Waals surface area contributed by atoms with Crippen molar-refractivity contribution in [3.63, 3.8) is 0 Å². The maximum absolute atomic E-state index is 14.1. The molecule has 5 rings (SSSR count). The smallest absolute Gasteiger partial charge is 0.348 e. The van der Waals surface area contributed by atoms with Crippen LogP contribution in [-0.4, -0.2) is 66.4 Å². The first-order valence-corrected chi connectivity index (χ1v) is 17.0. The van der Waals surface area contributed by atoms with Crippen LogP contribution in [0.2, 0.25) is 0 Å². The van der Waals surface area contributed by atoms with Crippen LogP contribution in [-0.2, 0) is 29.2 Å². The van der Waals surface area contributed by atoms with Gasteiger partial charge in [0.2, 0.25) is 5.91 Å². The van der Waals surface area contributed by atoms with Crippen LogP contribution < -0.4 is 4.90 Å². The Hall–Kier alpha value is -4.64. The molecule has 1 aromatic heterocycles. The van der Waals surface area contributed by atoms with Crippen molar-refractivity contribution >= 4 is 28.9 Å². The second-order valence-electron chi connectivity index (χ2n) is 12.3. The van der Waals surface area contributed by atoms with Gasteiger partial charge in [-0.2, -0.15) is 10.5 Å². The van der Waals surface area contributed by atoms with E-state index in [1.54, 1.807) is 11.0 Å². The van der Waals surface area contributed by atoms with Crippen molar-refractivity contribution in [1.29, 1.82) is 10.5 Å². The fraction of sp³-hybridized carbons (Fsp3) is 0.405. The highest BCUT2D eigenvalue weighted by atomic mass is 32.1. The molecule has 0 N–H and O–H groups in total. The highest BCUT2D eigenvalue weighted by molar-refractivity contribution is 7.13. The van der Waals surface area contributed by atoms with Crippen LogP contribution >= 0.6 is 11.3 Å². The number of ether oxygens (including phenoxy) is 1. The Morgan fingerprint density at radius 1 is 0.872 bits per heavy atom. The number of nitrogens with zero attached hydrogens (tertiary/aromatic N) is 6. The third kappa shape index (κ3) is 8.59. The topological polar surface area (TPSA) is 104 Å². The third-order valence-electron chi connectivity index (χ3n) is 8.68. The summed E-state index contributed by atoms with van der Waals surface area (Å²) in [5, 5.41) is 19.7. The Bertz CT molecular complexity index is 1670. The minimum atomic E-state index is -0.396. The number of esters is 1. The van der Waals surface area contributed by atoms with Crippen molar-refractivity contribution in [2.75, 3.05) is 44.7 Å². The summed E-state index contributed by atoms with van der Waals surface area (Å²) < 4.78 is 4.90. The summed E-state index contributed by atoms with van der Waals surface area (Å²) in [6, 6.07) is 22.3. The van der Waals surface area contributed by atoms with Gasteiger partial charge in [-0.05, 0) is 75.2 Å². The number of nitriles is 2. The number of rotatable bonds is 11. The SMILES string of the molecule is COC(=O)c1ccc(CN(C(=O)CCN2CCN(Cc3cc(C)cc(C)c3)C2=C(C#N)C#N)c2cccc(CN3CCCCC3)c2)s1. The fourth-order valence-corrected chi connectivity index (χ4v) is 7.48. The molecule has 2 saturated heterocycles. The van der Waals surface area contributed by atoms with Crippen molar-refractivity contribution in [2.45, 2.75) is 59.2 Å². The Morgan fingerprint density at radius 2 is 1.60 bits per heavy atom. The Labute approximate surface area is 281 Å². The molecule has 3 heterocycles. The van der Waals surface area contributed by atoms with Gasteiger partial charge < -0.3 is 19.4 Å². The predicted molar refractivity (Wildman–Crippen MR) is 183 cm³/mol. The molecule has 0 spiro atoms. The second-order valence-corrected chi connectivity index (χ2v) is 13.5. The summed E-state index contributed by atoms with van der Waals surface area (Å²) in [6.07, 6.45) is 3.88. The van der Waals surface area contributed by atoms with Crippen molar-refractivity contribution in [2.24, 2.45) is 0 Å². The monoisotopic (exact) mass is 650 g/mol. The van der Waals surface area contributed by atoms with Gasteiger partial charge in [0.1, 0.15) is 22.8 Å². The molecule has 0 atom stereocenters. The van der Waals surface area contributed by atoms with Crippen LogP contribution in [0.5, 0.6) is 0 Å². The van der Waals surface area contributed by atoms with Gasteiger partial charge >= 0.3 is 5.97 Å². The molecule has 0 saturated carbocycles. The van der Waals surface area contributed by atoms with E-state index in [-0.39, 0.29) is 17.9 Å². The van der Waals surface area contributed by atoms with Crippen LogP contribution in [0.3, 0.4) is 0 Å². The summed E-state index contributed by atoms with van der Waals surface area (Å²) in [7, 11) is 1.36. The lowest BCUT2D eigenvalue weighted by Crippen LogP contribution is -2.34. The van der Waals surface area contributed by atoms with Gasteiger partial charge in [0.15, 0.2) is 5.57 Å². The number of carbonyl (C=O) groups excluding carboxylic acids is 2. The number of allylic oxidation sites excluding steroid dienone is 1. The number of methoxy groups -OCH3 is 1. The number of hydrogen-bond donors (Lipinski definition) is 0. The van der Waals surface area contributed by atoms with Gasteiger partial charge in [0.25, 0.3) is 0 Å². The molecule has 0 radical (unpaired) electrons. The van der Waals surface area contributed by atoms with Crippen LogP contribution in [0.4, 0.5) is 5.69 Å². The average molecular weight is 651 g/mol. The number of benzene rings is 2.